The summed E-state index contributed by atoms with van der Waals surface area (Å²) in [6, 6.07) is 18.7. The predicted octanol–water partition coefficient (Wildman–Crippen LogP) is 5.65. The van der Waals surface area contributed by atoms with E-state index in [1.807, 2.05) is 12.1 Å². The number of benzene rings is 3. The Balaban J connectivity index is 2.13. The molecule has 0 N–H and O–H groups in total. The third-order valence-electron chi connectivity index (χ3n) is 5.16. The third kappa shape index (κ3) is 5.53. The molecular formula is C26H18N4O6. The van der Waals surface area contributed by atoms with Gasteiger partial charge in [0.05, 0.1) is 47.4 Å². The summed E-state index contributed by atoms with van der Waals surface area (Å²) in [5.74, 6) is 0.688. The van der Waals surface area contributed by atoms with Gasteiger partial charge in [0.15, 0.2) is 0 Å². The second-order valence-corrected chi connectivity index (χ2v) is 7.29. The minimum atomic E-state index is -0.544. The van der Waals surface area contributed by atoms with Crippen LogP contribution >= 0.6 is 0 Å². The van der Waals surface area contributed by atoms with Crippen molar-refractivity contribution in [2.24, 2.45) is 0 Å². The van der Waals surface area contributed by atoms with Gasteiger partial charge in [0, 0.05) is 35.4 Å². The van der Waals surface area contributed by atoms with Gasteiger partial charge in [0.2, 0.25) is 0 Å². The molecule has 0 spiro atoms. The first-order valence-corrected chi connectivity index (χ1v) is 10.3. The zero-order chi connectivity index (χ0) is 26.2. The van der Waals surface area contributed by atoms with Crippen molar-refractivity contribution >= 4 is 34.7 Å². The van der Waals surface area contributed by atoms with E-state index in [1.165, 1.54) is 62.8 Å². The molecule has 0 amide bonds. The van der Waals surface area contributed by atoms with Gasteiger partial charge in [-0.3, -0.25) is 20.2 Å². The molecule has 3 aromatic rings. The predicted molar refractivity (Wildman–Crippen MR) is 133 cm³/mol. The van der Waals surface area contributed by atoms with Gasteiger partial charge in [0.25, 0.3) is 11.4 Å². The Labute approximate surface area is 205 Å². The molecule has 0 radical (unpaired) electrons. The molecule has 3 aromatic carbocycles. The molecule has 0 unspecified atom stereocenters. The second-order valence-electron chi connectivity index (χ2n) is 7.29. The van der Waals surface area contributed by atoms with Crippen LogP contribution in [0.15, 0.2) is 60.7 Å². The zero-order valence-corrected chi connectivity index (χ0v) is 19.2. The number of hydrogen-bond acceptors (Lipinski definition) is 8. The van der Waals surface area contributed by atoms with Crippen LogP contribution in [0.1, 0.15) is 22.3 Å². The Morgan fingerprint density at radius 2 is 1.14 bits per heavy atom. The quantitative estimate of drug-likeness (QED) is 0.173. The largest absolute Gasteiger partial charge is 0.496 e. The molecule has 0 aliphatic rings. The van der Waals surface area contributed by atoms with Crippen LogP contribution in [-0.4, -0.2) is 24.1 Å². The van der Waals surface area contributed by atoms with E-state index in [-0.39, 0.29) is 22.5 Å². The minimum Gasteiger partial charge on any atom is -0.496 e. The first kappa shape index (κ1) is 25.1. The molecule has 3 rings (SSSR count). The SMILES string of the molecule is COc1cc(/C=C(\C#N)c2cccc([N+](=O)[O-])c2)c(OC)cc1/C=C(\C#N)c1cccc([N+](=O)[O-])c1. The number of nitriles is 2. The number of ether oxygens (including phenoxy) is 2. The fraction of sp³-hybridized carbons (Fsp3) is 0.0769. The second kappa shape index (κ2) is 11.1. The van der Waals surface area contributed by atoms with Crippen molar-refractivity contribution in [3.63, 3.8) is 0 Å². The summed E-state index contributed by atoms with van der Waals surface area (Å²) in [4.78, 5) is 21.1. The molecule has 0 aliphatic carbocycles. The van der Waals surface area contributed by atoms with Crippen molar-refractivity contribution in [3.8, 4) is 23.6 Å². The van der Waals surface area contributed by atoms with Crippen LogP contribution in [0.25, 0.3) is 23.3 Å². The van der Waals surface area contributed by atoms with Crippen LogP contribution in [0.5, 0.6) is 11.5 Å². The zero-order valence-electron chi connectivity index (χ0n) is 19.2. The lowest BCUT2D eigenvalue weighted by atomic mass is 9.99. The van der Waals surface area contributed by atoms with Crippen LogP contribution in [0.3, 0.4) is 0 Å². The molecule has 0 bridgehead atoms. The Morgan fingerprint density at radius 3 is 1.44 bits per heavy atom. The van der Waals surface area contributed by atoms with Gasteiger partial charge < -0.3 is 9.47 Å². The number of nitro benzene ring substituents is 2. The molecular weight excluding hydrogens is 464 g/mol. The number of nitrogens with zero attached hydrogens (tertiary/aromatic N) is 4. The van der Waals surface area contributed by atoms with E-state index >= 15 is 0 Å². The highest BCUT2D eigenvalue weighted by Gasteiger charge is 2.15. The van der Waals surface area contributed by atoms with E-state index in [0.29, 0.717) is 33.8 Å². The molecule has 178 valence electrons. The monoisotopic (exact) mass is 482 g/mol. The Morgan fingerprint density at radius 1 is 0.750 bits per heavy atom. The lowest BCUT2D eigenvalue weighted by Gasteiger charge is -2.12. The number of hydrogen-bond donors (Lipinski definition) is 0. The summed E-state index contributed by atoms with van der Waals surface area (Å²) >= 11 is 0. The van der Waals surface area contributed by atoms with Gasteiger partial charge in [0.1, 0.15) is 11.5 Å². The summed E-state index contributed by atoms with van der Waals surface area (Å²) in [6.07, 6.45) is 3.03. The van der Waals surface area contributed by atoms with Crippen LogP contribution in [-0.2, 0) is 0 Å². The van der Waals surface area contributed by atoms with Crippen LogP contribution in [0, 0.1) is 42.9 Å². The maximum absolute atomic E-state index is 11.1. The number of methoxy groups -OCH3 is 2. The van der Waals surface area contributed by atoms with Gasteiger partial charge in [-0.25, -0.2) is 0 Å². The molecule has 36 heavy (non-hydrogen) atoms. The topological polar surface area (TPSA) is 152 Å². The number of rotatable bonds is 8. The molecule has 0 fully saturated rings. The molecule has 0 aliphatic heterocycles. The van der Waals surface area contributed by atoms with Crippen molar-refractivity contribution in [2.45, 2.75) is 0 Å². The Kier molecular flexibility index (Phi) is 7.75. The molecule has 10 heteroatoms. The maximum Gasteiger partial charge on any atom is 0.270 e. The summed E-state index contributed by atoms with van der Waals surface area (Å²) in [7, 11) is 2.86. The summed E-state index contributed by atoms with van der Waals surface area (Å²) < 4.78 is 11.0. The fourth-order valence-corrected chi connectivity index (χ4v) is 3.42. The van der Waals surface area contributed by atoms with Crippen molar-refractivity contribution in [3.05, 3.63) is 103 Å². The van der Waals surface area contributed by atoms with E-state index in [2.05, 4.69) is 0 Å². The summed E-state index contributed by atoms with van der Waals surface area (Å²) in [5, 5.41) is 41.6. The molecule has 0 saturated heterocycles. The standard InChI is InChI=1S/C26H18N4O6/c1-35-25-13-20(10-22(16-28)18-6-4-8-24(12-18)30(33)34)26(36-2)14-19(25)9-21(15-27)17-5-3-7-23(11-17)29(31)32/h3-14H,1-2H3/b21-9+,22-10+. The van der Waals surface area contributed by atoms with Crippen molar-refractivity contribution in [1.82, 2.24) is 0 Å². The molecule has 10 nitrogen and oxygen atoms in total. The van der Waals surface area contributed by atoms with Crippen molar-refractivity contribution in [1.29, 1.82) is 10.5 Å². The average Bonchev–Trinajstić information content (AvgIpc) is 2.90. The molecule has 0 atom stereocenters. The van der Waals surface area contributed by atoms with E-state index in [9.17, 15) is 30.8 Å². The first-order valence-electron chi connectivity index (χ1n) is 10.3. The van der Waals surface area contributed by atoms with Gasteiger partial charge in [-0.2, -0.15) is 10.5 Å². The summed E-state index contributed by atoms with van der Waals surface area (Å²) in [6.45, 7) is 0. The lowest BCUT2D eigenvalue weighted by Crippen LogP contribution is -1.95. The number of nitro groups is 2. The van der Waals surface area contributed by atoms with Crippen LogP contribution in [0.4, 0.5) is 11.4 Å². The fourth-order valence-electron chi connectivity index (χ4n) is 3.42. The Bertz CT molecular complexity index is 1380. The molecule has 0 aromatic heterocycles. The van der Waals surface area contributed by atoms with E-state index in [1.54, 1.807) is 24.3 Å². The van der Waals surface area contributed by atoms with Gasteiger partial charge >= 0.3 is 0 Å². The molecule has 0 heterocycles. The highest BCUT2D eigenvalue weighted by molar-refractivity contribution is 5.94. The first-order chi connectivity index (χ1) is 17.3. The maximum atomic E-state index is 11.1. The van der Waals surface area contributed by atoms with Gasteiger partial charge in [-0.05, 0) is 35.4 Å². The van der Waals surface area contributed by atoms with E-state index < -0.39 is 9.85 Å². The van der Waals surface area contributed by atoms with Gasteiger partial charge in [-0.15, -0.1) is 0 Å². The lowest BCUT2D eigenvalue weighted by molar-refractivity contribution is -0.385. The Hall–Kier alpha value is -5.48. The smallest absolute Gasteiger partial charge is 0.270 e. The van der Waals surface area contributed by atoms with Crippen molar-refractivity contribution < 1.29 is 19.3 Å². The third-order valence-corrected chi connectivity index (χ3v) is 5.16. The highest BCUT2D eigenvalue weighted by atomic mass is 16.6. The van der Waals surface area contributed by atoms with Crippen LogP contribution < -0.4 is 9.47 Å². The minimum absolute atomic E-state index is 0.149. The summed E-state index contributed by atoms with van der Waals surface area (Å²) in [5.41, 5.74) is 1.66. The van der Waals surface area contributed by atoms with Crippen LogP contribution in [0.2, 0.25) is 0 Å². The van der Waals surface area contributed by atoms with Crippen molar-refractivity contribution in [2.75, 3.05) is 14.2 Å². The van der Waals surface area contributed by atoms with E-state index in [0.717, 1.165) is 0 Å². The number of allylic oxidation sites excluding steroid dienone is 2. The average molecular weight is 482 g/mol. The van der Waals surface area contributed by atoms with Gasteiger partial charge in [-0.1, -0.05) is 24.3 Å². The van der Waals surface area contributed by atoms with E-state index in [4.69, 9.17) is 9.47 Å². The molecule has 0 saturated carbocycles. The highest BCUT2D eigenvalue weighted by Crippen LogP contribution is 2.34. The number of non-ortho nitro benzene ring substituents is 2. The normalized spacial score (nSPS) is 11.2.